The lowest BCUT2D eigenvalue weighted by Crippen LogP contribution is -2.35. The van der Waals surface area contributed by atoms with Crippen LogP contribution in [-0.2, 0) is 10.0 Å². The van der Waals surface area contributed by atoms with Gasteiger partial charge in [0.1, 0.15) is 11.4 Å². The number of hydrogen-bond acceptors (Lipinski definition) is 8. The number of amides is 2. The number of sulfonamides is 1. The fourth-order valence-corrected chi connectivity index (χ4v) is 3.68. The van der Waals surface area contributed by atoms with Crippen molar-refractivity contribution in [3.05, 3.63) is 59.8 Å². The van der Waals surface area contributed by atoms with Crippen molar-refractivity contribution in [3.63, 3.8) is 0 Å². The van der Waals surface area contributed by atoms with Crippen molar-refractivity contribution in [1.82, 2.24) is 15.1 Å². The Balaban J connectivity index is 1.57. The van der Waals surface area contributed by atoms with E-state index in [0.29, 0.717) is 17.2 Å². The summed E-state index contributed by atoms with van der Waals surface area (Å²) in [5.74, 6) is -0.305. The van der Waals surface area contributed by atoms with Crippen LogP contribution in [0.1, 0.15) is 20.7 Å². The molecule has 0 bridgehead atoms. The first-order valence-corrected chi connectivity index (χ1v) is 11.1. The zero-order valence-corrected chi connectivity index (χ0v) is 18.3. The summed E-state index contributed by atoms with van der Waals surface area (Å²) in [6, 6.07) is 10.1. The van der Waals surface area contributed by atoms with Gasteiger partial charge in [-0.1, -0.05) is 0 Å². The quantitative estimate of drug-likeness (QED) is 0.371. The van der Waals surface area contributed by atoms with Crippen molar-refractivity contribution in [1.29, 1.82) is 0 Å². The van der Waals surface area contributed by atoms with Crippen molar-refractivity contribution in [2.75, 3.05) is 12.1 Å². The highest BCUT2D eigenvalue weighted by atomic mass is 32.2. The second kappa shape index (κ2) is 8.50. The van der Waals surface area contributed by atoms with Crippen LogP contribution in [0.2, 0.25) is 0 Å². The van der Waals surface area contributed by atoms with E-state index in [-0.39, 0.29) is 33.7 Å². The van der Waals surface area contributed by atoms with Gasteiger partial charge in [0.05, 0.1) is 16.8 Å². The number of nitrogens with two attached hydrogens (primary N) is 2. The van der Waals surface area contributed by atoms with Gasteiger partial charge in [-0.3, -0.25) is 14.9 Å². The lowest BCUT2D eigenvalue weighted by Gasteiger charge is -2.13. The van der Waals surface area contributed by atoms with E-state index >= 15 is 0 Å². The number of carbonyl (C=O) groups is 2. The van der Waals surface area contributed by atoms with Crippen molar-refractivity contribution in [2.45, 2.75) is 4.90 Å². The molecule has 2 heterocycles. The van der Waals surface area contributed by atoms with Crippen LogP contribution in [0.4, 0.5) is 5.82 Å². The summed E-state index contributed by atoms with van der Waals surface area (Å²) >= 11 is 5.21. The number of carbonyl (C=O) groups excluding carboxylic acids is 2. The number of rotatable bonds is 5. The number of hydrogen-bond donors (Lipinski definition) is 4. The Bertz CT molecular complexity index is 1380. The molecule has 0 atom stereocenters. The Hall–Kier alpha value is -4.01. The summed E-state index contributed by atoms with van der Waals surface area (Å²) in [5.41, 5.74) is 6.06. The van der Waals surface area contributed by atoms with Gasteiger partial charge >= 0.3 is 0 Å². The maximum atomic E-state index is 12.6. The van der Waals surface area contributed by atoms with Crippen LogP contribution in [0.5, 0.6) is 11.5 Å². The zero-order valence-electron chi connectivity index (χ0n) is 16.6. The molecule has 1 aliphatic rings. The summed E-state index contributed by atoms with van der Waals surface area (Å²) in [4.78, 5) is 24.3. The number of primary sulfonamides is 1. The predicted octanol–water partition coefficient (Wildman–Crippen LogP) is 0.474. The average molecular weight is 489 g/mol. The fraction of sp³-hybridized carbons (Fsp3) is 0.0526. The predicted molar refractivity (Wildman–Crippen MR) is 120 cm³/mol. The Kier molecular flexibility index (Phi) is 5.71. The first-order valence-electron chi connectivity index (χ1n) is 9.16. The minimum atomic E-state index is -3.89. The van der Waals surface area contributed by atoms with Crippen LogP contribution >= 0.6 is 12.2 Å². The maximum absolute atomic E-state index is 12.6. The molecule has 0 fully saturated rings. The van der Waals surface area contributed by atoms with Gasteiger partial charge in [-0.2, -0.15) is 5.10 Å². The topological polar surface area (TPSA) is 181 Å². The standard InChI is InChI=1S/C19H16N6O6S2/c20-16(26)13-8-22-25(11-2-4-12(5-3-11)33(21,28)29)17(13)23-19(32)24-18(27)10-1-6-14-15(7-10)31-9-30-14/h1-8H,9H2,(H2,20,26)(H2,21,28,29)(H2,23,24,27,32). The highest BCUT2D eigenvalue weighted by Crippen LogP contribution is 2.32. The third kappa shape index (κ3) is 4.62. The van der Waals surface area contributed by atoms with Gasteiger partial charge in [-0.25, -0.2) is 18.2 Å². The van der Waals surface area contributed by atoms with E-state index in [9.17, 15) is 18.0 Å². The number of aromatic nitrogens is 2. The van der Waals surface area contributed by atoms with E-state index in [1.165, 1.54) is 47.3 Å². The summed E-state index contributed by atoms with van der Waals surface area (Å²) < 4.78 is 34.7. The Morgan fingerprint density at radius 1 is 1.09 bits per heavy atom. The normalized spacial score (nSPS) is 12.3. The van der Waals surface area contributed by atoms with Gasteiger partial charge in [0.25, 0.3) is 11.8 Å². The number of benzene rings is 2. The van der Waals surface area contributed by atoms with Crippen molar-refractivity contribution >= 4 is 45.0 Å². The first-order chi connectivity index (χ1) is 15.6. The van der Waals surface area contributed by atoms with E-state index in [2.05, 4.69) is 15.7 Å². The molecule has 1 aromatic heterocycles. The van der Waals surface area contributed by atoms with Crippen molar-refractivity contribution in [2.24, 2.45) is 10.9 Å². The summed E-state index contributed by atoms with van der Waals surface area (Å²) in [7, 11) is -3.89. The van der Waals surface area contributed by atoms with E-state index in [1.807, 2.05) is 0 Å². The molecule has 170 valence electrons. The molecule has 6 N–H and O–H groups in total. The smallest absolute Gasteiger partial charge is 0.257 e. The molecule has 2 amide bonds. The number of ether oxygens (including phenoxy) is 2. The van der Waals surface area contributed by atoms with Gasteiger partial charge in [-0.15, -0.1) is 0 Å². The van der Waals surface area contributed by atoms with Crippen LogP contribution < -0.4 is 31.0 Å². The molecule has 0 spiro atoms. The van der Waals surface area contributed by atoms with Crippen molar-refractivity contribution in [3.8, 4) is 17.2 Å². The number of thiocarbonyl (C=S) groups is 1. The second-order valence-corrected chi connectivity index (χ2v) is 8.67. The monoisotopic (exact) mass is 488 g/mol. The molecule has 2 aromatic carbocycles. The number of primary amides is 1. The highest BCUT2D eigenvalue weighted by molar-refractivity contribution is 7.89. The number of nitrogens with one attached hydrogen (secondary N) is 2. The van der Waals surface area contributed by atoms with Gasteiger partial charge in [0, 0.05) is 5.56 Å². The van der Waals surface area contributed by atoms with E-state index in [1.54, 1.807) is 6.07 Å². The summed E-state index contributed by atoms with van der Waals surface area (Å²) in [5, 5.41) is 14.3. The largest absolute Gasteiger partial charge is 0.454 e. The van der Waals surface area contributed by atoms with E-state index in [4.69, 9.17) is 32.6 Å². The Morgan fingerprint density at radius 2 is 1.79 bits per heavy atom. The highest BCUT2D eigenvalue weighted by Gasteiger charge is 2.20. The van der Waals surface area contributed by atoms with E-state index in [0.717, 1.165) is 0 Å². The molecule has 0 radical (unpaired) electrons. The third-order valence-electron chi connectivity index (χ3n) is 4.54. The van der Waals surface area contributed by atoms with Crippen LogP contribution in [0.3, 0.4) is 0 Å². The summed E-state index contributed by atoms with van der Waals surface area (Å²) in [6.07, 6.45) is 1.21. The van der Waals surface area contributed by atoms with Gasteiger partial charge in [0.15, 0.2) is 16.6 Å². The molecule has 4 rings (SSSR count). The lowest BCUT2D eigenvalue weighted by atomic mass is 10.2. The fourth-order valence-electron chi connectivity index (χ4n) is 2.97. The van der Waals surface area contributed by atoms with Crippen LogP contribution in [0, 0.1) is 0 Å². The zero-order chi connectivity index (χ0) is 23.8. The first kappa shape index (κ1) is 22.2. The lowest BCUT2D eigenvalue weighted by molar-refractivity contribution is 0.0975. The molecule has 0 saturated heterocycles. The van der Waals surface area contributed by atoms with Crippen LogP contribution in [0.25, 0.3) is 5.69 Å². The maximum Gasteiger partial charge on any atom is 0.257 e. The molecule has 0 aliphatic carbocycles. The van der Waals surface area contributed by atoms with Gasteiger partial charge in [-0.05, 0) is 54.7 Å². The van der Waals surface area contributed by atoms with Crippen molar-refractivity contribution < 1.29 is 27.5 Å². The molecule has 3 aromatic rings. The third-order valence-corrected chi connectivity index (χ3v) is 5.67. The Morgan fingerprint density at radius 3 is 2.45 bits per heavy atom. The molecular formula is C19H16N6O6S2. The molecule has 14 heteroatoms. The second-order valence-electron chi connectivity index (χ2n) is 6.70. The number of fused-ring (bicyclic) bond motifs is 1. The SMILES string of the molecule is NC(=O)c1cnn(-c2ccc(S(N)(=O)=O)cc2)c1NC(=S)NC(=O)c1ccc2c(c1)OCO2. The minimum absolute atomic E-state index is 0.00907. The molecule has 0 unspecified atom stereocenters. The number of nitrogens with zero attached hydrogens (tertiary/aromatic N) is 2. The molecule has 0 saturated carbocycles. The van der Waals surface area contributed by atoms with Gasteiger partial charge in [0.2, 0.25) is 16.8 Å². The number of anilines is 1. The van der Waals surface area contributed by atoms with Crippen LogP contribution in [-0.4, -0.2) is 41.9 Å². The van der Waals surface area contributed by atoms with E-state index < -0.39 is 21.8 Å². The van der Waals surface area contributed by atoms with Crippen LogP contribution in [0.15, 0.2) is 53.6 Å². The van der Waals surface area contributed by atoms with Gasteiger partial charge < -0.3 is 20.5 Å². The molecule has 1 aliphatic heterocycles. The molecular weight excluding hydrogens is 472 g/mol. The average Bonchev–Trinajstić information content (AvgIpc) is 3.39. The minimum Gasteiger partial charge on any atom is -0.454 e. The summed E-state index contributed by atoms with van der Waals surface area (Å²) in [6.45, 7) is 0.0679. The molecule has 12 nitrogen and oxygen atoms in total. The molecule has 33 heavy (non-hydrogen) atoms. The Labute approximate surface area is 192 Å².